The van der Waals surface area contributed by atoms with E-state index in [0.717, 1.165) is 16.7 Å². The first-order valence-corrected chi connectivity index (χ1v) is 11.2. The Morgan fingerprint density at radius 1 is 0.971 bits per heavy atom. The number of hydrogen-bond donors (Lipinski definition) is 2. The Morgan fingerprint density at radius 2 is 1.69 bits per heavy atom. The smallest absolute Gasteiger partial charge is 0.217 e. The summed E-state index contributed by atoms with van der Waals surface area (Å²) in [5, 5.41) is 6.05. The molecule has 0 heterocycles. The standard InChI is InChI=1S/C27H27FN2O5/c1-15(31)29-21-11-5-16-13-24(33-2)26(34-3)27(35-4)25(16)19-10-12-22(23(32)14-20(19)21)30-18-8-6-17(28)7-9-18/h6-10,12-14,21H,5,11H2,1-4H3,(H,29,31)(H,30,32)/t21-/m1/s1. The number of rotatable bonds is 6. The highest BCUT2D eigenvalue weighted by molar-refractivity contribution is 5.84. The summed E-state index contributed by atoms with van der Waals surface area (Å²) >= 11 is 0. The molecule has 7 nitrogen and oxygen atoms in total. The van der Waals surface area contributed by atoms with E-state index in [-0.39, 0.29) is 17.2 Å². The number of ether oxygens (including phenoxy) is 3. The van der Waals surface area contributed by atoms with Crippen molar-refractivity contribution >= 4 is 17.3 Å². The molecule has 1 aliphatic carbocycles. The normalized spacial score (nSPS) is 14.1. The minimum Gasteiger partial charge on any atom is -0.493 e. The summed E-state index contributed by atoms with van der Waals surface area (Å²) in [7, 11) is 4.65. The van der Waals surface area contributed by atoms with Crippen molar-refractivity contribution in [3.8, 4) is 28.4 Å². The predicted octanol–water partition coefficient (Wildman–Crippen LogP) is 4.75. The molecular formula is C27H27FN2O5. The molecule has 1 atom stereocenters. The van der Waals surface area contributed by atoms with Crippen molar-refractivity contribution in [2.45, 2.75) is 25.8 Å². The van der Waals surface area contributed by atoms with Crippen molar-refractivity contribution in [1.29, 1.82) is 0 Å². The van der Waals surface area contributed by atoms with Gasteiger partial charge >= 0.3 is 0 Å². The lowest BCUT2D eigenvalue weighted by molar-refractivity contribution is -0.119. The van der Waals surface area contributed by atoms with Crippen molar-refractivity contribution in [1.82, 2.24) is 5.32 Å². The average molecular weight is 479 g/mol. The van der Waals surface area contributed by atoms with Gasteiger partial charge in [0.2, 0.25) is 17.1 Å². The predicted molar refractivity (Wildman–Crippen MR) is 132 cm³/mol. The number of aryl methyl sites for hydroxylation is 1. The minimum atomic E-state index is -0.393. The molecule has 4 rings (SSSR count). The van der Waals surface area contributed by atoms with Gasteiger partial charge < -0.3 is 24.8 Å². The van der Waals surface area contributed by atoms with E-state index in [0.29, 0.717) is 47.0 Å². The van der Waals surface area contributed by atoms with Gasteiger partial charge in [0.05, 0.1) is 33.1 Å². The third-order valence-corrected chi connectivity index (χ3v) is 6.04. The lowest BCUT2D eigenvalue weighted by Crippen LogP contribution is -2.26. The van der Waals surface area contributed by atoms with Crippen LogP contribution in [0.25, 0.3) is 11.1 Å². The second-order valence-electron chi connectivity index (χ2n) is 8.23. The molecule has 0 saturated carbocycles. The number of benzene rings is 2. The number of nitrogens with one attached hydrogen (secondary N) is 2. The van der Waals surface area contributed by atoms with E-state index in [1.165, 1.54) is 32.2 Å². The van der Waals surface area contributed by atoms with Crippen LogP contribution in [-0.2, 0) is 11.2 Å². The fourth-order valence-electron chi connectivity index (χ4n) is 4.50. The quantitative estimate of drug-likeness (QED) is 0.532. The zero-order chi connectivity index (χ0) is 25.1. The molecule has 0 fully saturated rings. The number of carbonyl (C=O) groups excluding carboxylic acids is 1. The third kappa shape index (κ3) is 4.77. The van der Waals surface area contributed by atoms with Gasteiger partial charge in [0.1, 0.15) is 5.82 Å². The zero-order valence-corrected chi connectivity index (χ0v) is 20.0. The maximum absolute atomic E-state index is 13.3. The van der Waals surface area contributed by atoms with E-state index in [2.05, 4.69) is 10.6 Å². The number of hydrogen-bond acceptors (Lipinski definition) is 6. The maximum atomic E-state index is 13.3. The summed E-state index contributed by atoms with van der Waals surface area (Å²) in [5.74, 6) is 0.896. The Morgan fingerprint density at radius 3 is 2.31 bits per heavy atom. The van der Waals surface area contributed by atoms with Gasteiger partial charge in [-0.2, -0.15) is 0 Å². The van der Waals surface area contributed by atoms with Gasteiger partial charge in [-0.15, -0.1) is 0 Å². The van der Waals surface area contributed by atoms with Crippen molar-refractivity contribution in [3.63, 3.8) is 0 Å². The molecule has 1 amide bonds. The third-order valence-electron chi connectivity index (χ3n) is 6.04. The van der Waals surface area contributed by atoms with E-state index >= 15 is 0 Å². The van der Waals surface area contributed by atoms with Gasteiger partial charge in [0.15, 0.2) is 11.5 Å². The van der Waals surface area contributed by atoms with Crippen LogP contribution < -0.4 is 30.3 Å². The minimum absolute atomic E-state index is 0.197. The topological polar surface area (TPSA) is 85.9 Å². The average Bonchev–Trinajstić information content (AvgIpc) is 3.08. The van der Waals surface area contributed by atoms with E-state index in [9.17, 15) is 14.0 Å². The molecular weight excluding hydrogens is 451 g/mol. The van der Waals surface area contributed by atoms with Crippen LogP contribution >= 0.6 is 0 Å². The van der Waals surface area contributed by atoms with Crippen LogP contribution in [0.5, 0.6) is 17.2 Å². The van der Waals surface area contributed by atoms with Crippen LogP contribution in [-0.4, -0.2) is 27.2 Å². The van der Waals surface area contributed by atoms with Crippen LogP contribution in [0, 0.1) is 5.82 Å². The highest BCUT2D eigenvalue weighted by Crippen LogP contribution is 2.50. The summed E-state index contributed by atoms with van der Waals surface area (Å²) < 4.78 is 30.3. The first-order chi connectivity index (χ1) is 16.9. The Balaban J connectivity index is 1.97. The SMILES string of the molecule is COc1cc2c(c(OC)c1OC)-c1ccc(Nc3ccc(F)cc3)c(=O)cc1[C@H](NC(C)=O)CC2. The van der Waals surface area contributed by atoms with Gasteiger partial charge in [0, 0.05) is 18.2 Å². The molecule has 2 N–H and O–H groups in total. The summed E-state index contributed by atoms with van der Waals surface area (Å²) in [5.41, 5.74) is 3.74. The van der Waals surface area contributed by atoms with Crippen LogP contribution in [0.4, 0.5) is 15.8 Å². The van der Waals surface area contributed by atoms with Crippen molar-refractivity contribution in [2.24, 2.45) is 0 Å². The summed E-state index contributed by atoms with van der Waals surface area (Å²) in [6, 6.07) is 12.3. The van der Waals surface area contributed by atoms with Crippen molar-refractivity contribution in [3.05, 3.63) is 75.7 Å². The summed E-state index contributed by atoms with van der Waals surface area (Å²) in [6.07, 6.45) is 1.19. The second kappa shape index (κ2) is 10.0. The lowest BCUT2D eigenvalue weighted by atomic mass is 9.95. The van der Waals surface area contributed by atoms with E-state index in [4.69, 9.17) is 14.2 Å². The first-order valence-electron chi connectivity index (χ1n) is 11.2. The first kappa shape index (κ1) is 24.1. The number of carbonyl (C=O) groups is 1. The molecule has 8 heteroatoms. The van der Waals surface area contributed by atoms with E-state index < -0.39 is 6.04 Å². The van der Waals surface area contributed by atoms with Crippen LogP contribution in [0.2, 0.25) is 0 Å². The molecule has 0 aliphatic heterocycles. The molecule has 0 bridgehead atoms. The van der Waals surface area contributed by atoms with Gasteiger partial charge in [0.25, 0.3) is 0 Å². The van der Waals surface area contributed by atoms with Crippen LogP contribution in [0.15, 0.2) is 53.3 Å². The number of anilines is 2. The van der Waals surface area contributed by atoms with E-state index in [1.807, 2.05) is 12.1 Å². The maximum Gasteiger partial charge on any atom is 0.217 e. The Hall–Kier alpha value is -4.07. The molecule has 3 aromatic rings. The highest BCUT2D eigenvalue weighted by Gasteiger charge is 2.29. The Bertz CT molecular complexity index is 1320. The second-order valence-corrected chi connectivity index (χ2v) is 8.23. The fraction of sp³-hybridized carbons (Fsp3) is 0.259. The number of halogens is 1. The molecule has 0 unspecified atom stereocenters. The Labute approximate surface area is 202 Å². The number of fused-ring (bicyclic) bond motifs is 3. The van der Waals surface area contributed by atoms with Crippen LogP contribution in [0.1, 0.15) is 30.5 Å². The Kier molecular flexibility index (Phi) is 6.91. The number of methoxy groups -OCH3 is 3. The van der Waals surface area contributed by atoms with Crippen LogP contribution in [0.3, 0.4) is 0 Å². The van der Waals surface area contributed by atoms with Gasteiger partial charge in [-0.05, 0) is 72.0 Å². The van der Waals surface area contributed by atoms with Gasteiger partial charge in [-0.25, -0.2) is 4.39 Å². The van der Waals surface area contributed by atoms with Gasteiger partial charge in [-0.1, -0.05) is 6.07 Å². The molecule has 182 valence electrons. The molecule has 3 aromatic carbocycles. The van der Waals surface area contributed by atoms with Crippen molar-refractivity contribution in [2.75, 3.05) is 26.6 Å². The van der Waals surface area contributed by atoms with E-state index in [1.54, 1.807) is 32.4 Å². The molecule has 0 radical (unpaired) electrons. The molecule has 0 spiro atoms. The summed E-state index contributed by atoms with van der Waals surface area (Å²) in [4.78, 5) is 25.3. The van der Waals surface area contributed by atoms with Crippen molar-refractivity contribution < 1.29 is 23.4 Å². The highest BCUT2D eigenvalue weighted by atomic mass is 19.1. The fourth-order valence-corrected chi connectivity index (χ4v) is 4.50. The largest absolute Gasteiger partial charge is 0.493 e. The zero-order valence-electron chi connectivity index (χ0n) is 20.0. The molecule has 0 aromatic heterocycles. The lowest BCUT2D eigenvalue weighted by Gasteiger charge is -2.19. The molecule has 35 heavy (non-hydrogen) atoms. The summed E-state index contributed by atoms with van der Waals surface area (Å²) in [6.45, 7) is 1.45. The van der Waals surface area contributed by atoms with Gasteiger partial charge in [-0.3, -0.25) is 9.59 Å². The molecule has 0 saturated heterocycles. The number of amides is 1. The monoisotopic (exact) mass is 478 g/mol. The molecule has 1 aliphatic rings.